The van der Waals surface area contributed by atoms with E-state index in [0.29, 0.717) is 17.1 Å². The molecule has 0 saturated heterocycles. The van der Waals surface area contributed by atoms with Crippen molar-refractivity contribution >= 4 is 16.7 Å². The van der Waals surface area contributed by atoms with E-state index in [0.717, 1.165) is 22.1 Å². The van der Waals surface area contributed by atoms with Crippen molar-refractivity contribution in [3.8, 4) is 17.2 Å². The number of carbonyl (C=O) groups is 1. The van der Waals surface area contributed by atoms with E-state index in [1.165, 1.54) is 7.11 Å². The van der Waals surface area contributed by atoms with Gasteiger partial charge in [0, 0.05) is 0 Å². The van der Waals surface area contributed by atoms with Gasteiger partial charge in [-0.25, -0.2) is 4.79 Å². The summed E-state index contributed by atoms with van der Waals surface area (Å²) in [6.45, 7) is 0.190. The Labute approximate surface area is 152 Å². The molecular weight excluding hydrogens is 332 g/mol. The molecule has 0 aliphatic heterocycles. The van der Waals surface area contributed by atoms with Crippen molar-refractivity contribution in [1.82, 2.24) is 0 Å². The zero-order valence-electron chi connectivity index (χ0n) is 14.9. The Morgan fingerprint density at radius 3 is 2.23 bits per heavy atom. The van der Waals surface area contributed by atoms with Gasteiger partial charge >= 0.3 is 5.97 Å². The summed E-state index contributed by atoms with van der Waals surface area (Å²) < 4.78 is 21.0. The third-order valence-electron chi connectivity index (χ3n) is 4.10. The Morgan fingerprint density at radius 1 is 0.769 bits per heavy atom. The fourth-order valence-electron chi connectivity index (χ4n) is 2.69. The highest BCUT2D eigenvalue weighted by molar-refractivity contribution is 5.90. The van der Waals surface area contributed by atoms with Gasteiger partial charge in [-0.05, 0) is 52.7 Å². The van der Waals surface area contributed by atoms with Crippen LogP contribution in [0.5, 0.6) is 17.2 Å². The summed E-state index contributed by atoms with van der Waals surface area (Å²) in [7, 11) is 4.71. The Hall–Kier alpha value is -3.21. The van der Waals surface area contributed by atoms with E-state index in [9.17, 15) is 4.79 Å². The van der Waals surface area contributed by atoms with Crippen molar-refractivity contribution in [2.75, 3.05) is 21.3 Å². The minimum atomic E-state index is -0.416. The number of ether oxygens (including phenoxy) is 4. The number of hydrogen-bond donors (Lipinski definition) is 0. The second kappa shape index (κ2) is 7.78. The van der Waals surface area contributed by atoms with E-state index in [1.54, 1.807) is 32.4 Å². The Balaban J connectivity index is 1.72. The predicted molar refractivity (Wildman–Crippen MR) is 99.2 cm³/mol. The first kappa shape index (κ1) is 17.6. The maximum Gasteiger partial charge on any atom is 0.338 e. The molecule has 0 aromatic heterocycles. The normalized spacial score (nSPS) is 10.4. The van der Waals surface area contributed by atoms with Gasteiger partial charge in [0.15, 0.2) is 11.5 Å². The molecule has 3 aromatic carbocycles. The number of carbonyl (C=O) groups excluding carboxylic acids is 1. The van der Waals surface area contributed by atoms with Crippen LogP contribution in [0.4, 0.5) is 0 Å². The van der Waals surface area contributed by atoms with Crippen molar-refractivity contribution < 1.29 is 23.7 Å². The molecule has 0 bridgehead atoms. The van der Waals surface area contributed by atoms with Gasteiger partial charge in [-0.2, -0.15) is 0 Å². The Kier molecular flexibility index (Phi) is 5.27. The standard InChI is InChI=1S/C21H20O5/c1-23-18-8-6-15-10-14(4-5-16(15)11-18)13-26-21(22)17-7-9-19(24-2)20(12-17)25-3/h4-12H,13H2,1-3H3. The summed E-state index contributed by atoms with van der Waals surface area (Å²) >= 11 is 0. The molecule has 5 nitrogen and oxygen atoms in total. The minimum Gasteiger partial charge on any atom is -0.497 e. The van der Waals surface area contributed by atoms with E-state index >= 15 is 0 Å². The lowest BCUT2D eigenvalue weighted by Gasteiger charge is -2.10. The quantitative estimate of drug-likeness (QED) is 0.622. The lowest BCUT2D eigenvalue weighted by atomic mass is 10.1. The molecule has 0 unspecified atom stereocenters. The smallest absolute Gasteiger partial charge is 0.338 e. The topological polar surface area (TPSA) is 54.0 Å². The predicted octanol–water partition coefficient (Wildman–Crippen LogP) is 4.22. The molecule has 0 saturated carbocycles. The zero-order chi connectivity index (χ0) is 18.5. The maximum absolute atomic E-state index is 12.3. The van der Waals surface area contributed by atoms with Crippen LogP contribution in [-0.2, 0) is 11.3 Å². The molecule has 26 heavy (non-hydrogen) atoms. The van der Waals surface area contributed by atoms with Gasteiger partial charge < -0.3 is 18.9 Å². The van der Waals surface area contributed by atoms with Gasteiger partial charge in [0.25, 0.3) is 0 Å². The third-order valence-corrected chi connectivity index (χ3v) is 4.10. The molecule has 0 radical (unpaired) electrons. The molecule has 0 spiro atoms. The van der Waals surface area contributed by atoms with Gasteiger partial charge in [-0.1, -0.05) is 18.2 Å². The van der Waals surface area contributed by atoms with E-state index in [-0.39, 0.29) is 6.61 Å². The van der Waals surface area contributed by atoms with Crippen LogP contribution >= 0.6 is 0 Å². The number of esters is 1. The highest BCUT2D eigenvalue weighted by atomic mass is 16.5. The highest BCUT2D eigenvalue weighted by Crippen LogP contribution is 2.28. The monoisotopic (exact) mass is 352 g/mol. The second-order valence-electron chi connectivity index (χ2n) is 5.69. The van der Waals surface area contributed by atoms with Gasteiger partial charge in [-0.15, -0.1) is 0 Å². The van der Waals surface area contributed by atoms with Crippen molar-refractivity contribution in [2.45, 2.75) is 6.61 Å². The van der Waals surface area contributed by atoms with E-state index < -0.39 is 5.97 Å². The molecule has 0 aliphatic carbocycles. The highest BCUT2D eigenvalue weighted by Gasteiger charge is 2.12. The van der Waals surface area contributed by atoms with Crippen LogP contribution in [0, 0.1) is 0 Å². The molecule has 3 aromatic rings. The van der Waals surface area contributed by atoms with Crippen molar-refractivity contribution in [1.29, 1.82) is 0 Å². The van der Waals surface area contributed by atoms with Crippen LogP contribution in [0.15, 0.2) is 54.6 Å². The molecule has 0 aliphatic rings. The summed E-state index contributed by atoms with van der Waals surface area (Å²) in [5, 5.41) is 2.13. The van der Waals surface area contributed by atoms with Gasteiger partial charge in [0.2, 0.25) is 0 Å². The summed E-state index contributed by atoms with van der Waals surface area (Å²) in [5.41, 5.74) is 1.32. The first-order valence-electron chi connectivity index (χ1n) is 8.10. The maximum atomic E-state index is 12.3. The van der Waals surface area contributed by atoms with E-state index in [4.69, 9.17) is 18.9 Å². The van der Waals surface area contributed by atoms with E-state index in [2.05, 4.69) is 0 Å². The summed E-state index contributed by atoms with van der Waals surface area (Å²) in [6, 6.07) is 16.7. The largest absolute Gasteiger partial charge is 0.497 e. The molecular formula is C21H20O5. The number of hydrogen-bond acceptors (Lipinski definition) is 5. The number of rotatable bonds is 6. The van der Waals surface area contributed by atoms with Gasteiger partial charge in [-0.3, -0.25) is 0 Å². The Bertz CT molecular complexity index is 933. The lowest BCUT2D eigenvalue weighted by Crippen LogP contribution is -2.06. The molecule has 0 heterocycles. The first-order valence-corrected chi connectivity index (χ1v) is 8.10. The van der Waals surface area contributed by atoms with Crippen LogP contribution in [0.25, 0.3) is 10.8 Å². The number of benzene rings is 3. The SMILES string of the molecule is COc1ccc2cc(COC(=O)c3ccc(OC)c(OC)c3)ccc2c1. The minimum absolute atomic E-state index is 0.190. The fourth-order valence-corrected chi connectivity index (χ4v) is 2.69. The average molecular weight is 352 g/mol. The fraction of sp³-hybridized carbons (Fsp3) is 0.190. The second-order valence-corrected chi connectivity index (χ2v) is 5.69. The number of fused-ring (bicyclic) bond motifs is 1. The lowest BCUT2D eigenvalue weighted by molar-refractivity contribution is 0.0472. The summed E-state index contributed by atoms with van der Waals surface area (Å²) in [4.78, 5) is 12.3. The van der Waals surface area contributed by atoms with Crippen LogP contribution in [-0.4, -0.2) is 27.3 Å². The van der Waals surface area contributed by atoms with Crippen LogP contribution in [0.2, 0.25) is 0 Å². The Morgan fingerprint density at radius 2 is 1.50 bits per heavy atom. The van der Waals surface area contributed by atoms with Crippen LogP contribution in [0.3, 0.4) is 0 Å². The number of methoxy groups -OCH3 is 3. The van der Waals surface area contributed by atoms with Crippen LogP contribution in [0.1, 0.15) is 15.9 Å². The van der Waals surface area contributed by atoms with Gasteiger partial charge in [0.1, 0.15) is 12.4 Å². The molecule has 3 rings (SSSR count). The zero-order valence-corrected chi connectivity index (χ0v) is 14.9. The van der Waals surface area contributed by atoms with Gasteiger partial charge in [0.05, 0.1) is 26.9 Å². The van der Waals surface area contributed by atoms with E-state index in [1.807, 2.05) is 36.4 Å². The molecule has 134 valence electrons. The van der Waals surface area contributed by atoms with Crippen LogP contribution < -0.4 is 14.2 Å². The van der Waals surface area contributed by atoms with Crippen molar-refractivity contribution in [3.05, 3.63) is 65.7 Å². The first-order chi connectivity index (χ1) is 12.6. The summed E-state index contributed by atoms with van der Waals surface area (Å²) in [6.07, 6.45) is 0. The van der Waals surface area contributed by atoms with Crippen molar-refractivity contribution in [2.24, 2.45) is 0 Å². The molecule has 0 atom stereocenters. The van der Waals surface area contributed by atoms with Crippen molar-refractivity contribution in [3.63, 3.8) is 0 Å². The molecule has 0 fully saturated rings. The molecule has 0 amide bonds. The summed E-state index contributed by atoms with van der Waals surface area (Å²) in [5.74, 6) is 1.45. The molecule has 5 heteroatoms. The molecule has 0 N–H and O–H groups in total. The average Bonchev–Trinajstić information content (AvgIpc) is 2.70. The third kappa shape index (κ3) is 3.72.